The van der Waals surface area contributed by atoms with Crippen LogP contribution in [0.5, 0.6) is 0 Å². The smallest absolute Gasteiger partial charge is 0.123 e. The van der Waals surface area contributed by atoms with Crippen LogP contribution in [0.2, 0.25) is 0 Å². The fourth-order valence-corrected chi connectivity index (χ4v) is 2.53. The minimum Gasteiger partial charge on any atom is -0.468 e. The van der Waals surface area contributed by atoms with E-state index in [1.165, 1.54) is 18.4 Å². The molecule has 1 aliphatic carbocycles. The SMILES string of the molecule is CN1CCC(OCc2ccoc2CNC2CC2)CC1. The van der Waals surface area contributed by atoms with Crippen LogP contribution in [0.15, 0.2) is 16.7 Å². The maximum absolute atomic E-state index is 6.02. The summed E-state index contributed by atoms with van der Waals surface area (Å²) in [6.45, 7) is 3.81. The first-order valence-corrected chi connectivity index (χ1v) is 7.40. The Morgan fingerprint density at radius 1 is 1.32 bits per heavy atom. The van der Waals surface area contributed by atoms with Crippen LogP contribution in [0.1, 0.15) is 37.0 Å². The van der Waals surface area contributed by atoms with Crippen LogP contribution in [0.3, 0.4) is 0 Å². The lowest BCUT2D eigenvalue weighted by Crippen LogP contribution is -2.34. The molecule has 4 heteroatoms. The molecule has 1 saturated carbocycles. The summed E-state index contributed by atoms with van der Waals surface area (Å²) >= 11 is 0. The van der Waals surface area contributed by atoms with Crippen molar-refractivity contribution in [3.05, 3.63) is 23.7 Å². The van der Waals surface area contributed by atoms with E-state index in [2.05, 4.69) is 17.3 Å². The molecule has 0 aromatic carbocycles. The van der Waals surface area contributed by atoms with E-state index in [1.54, 1.807) is 6.26 Å². The Kier molecular flexibility index (Phi) is 4.21. The Labute approximate surface area is 115 Å². The Balaban J connectivity index is 1.45. The zero-order valence-corrected chi connectivity index (χ0v) is 11.7. The number of hydrogen-bond donors (Lipinski definition) is 1. The molecule has 1 aliphatic heterocycles. The maximum Gasteiger partial charge on any atom is 0.123 e. The molecule has 0 radical (unpaired) electrons. The number of ether oxygens (including phenoxy) is 1. The number of nitrogens with zero attached hydrogens (tertiary/aromatic N) is 1. The lowest BCUT2D eigenvalue weighted by molar-refractivity contribution is 0.00156. The normalized spacial score (nSPS) is 21.9. The van der Waals surface area contributed by atoms with Gasteiger partial charge in [0.05, 0.1) is 25.5 Å². The quantitative estimate of drug-likeness (QED) is 0.854. The molecule has 1 aromatic heterocycles. The van der Waals surface area contributed by atoms with Gasteiger partial charge in [-0.2, -0.15) is 0 Å². The van der Waals surface area contributed by atoms with Crippen LogP contribution in [0, 0.1) is 0 Å². The highest BCUT2D eigenvalue weighted by Gasteiger charge is 2.22. The van der Waals surface area contributed by atoms with E-state index < -0.39 is 0 Å². The van der Waals surface area contributed by atoms with E-state index in [0.29, 0.717) is 18.8 Å². The fourth-order valence-electron chi connectivity index (χ4n) is 2.53. The summed E-state index contributed by atoms with van der Waals surface area (Å²) in [6.07, 6.45) is 7.09. The molecule has 0 spiro atoms. The lowest BCUT2D eigenvalue weighted by atomic mass is 10.1. The largest absolute Gasteiger partial charge is 0.468 e. The van der Waals surface area contributed by atoms with Crippen LogP contribution in [-0.2, 0) is 17.9 Å². The first kappa shape index (κ1) is 13.2. The molecule has 2 aliphatic rings. The van der Waals surface area contributed by atoms with Crippen LogP contribution in [-0.4, -0.2) is 37.2 Å². The molecule has 0 bridgehead atoms. The lowest BCUT2D eigenvalue weighted by Gasteiger charge is -2.28. The number of piperidine rings is 1. The zero-order chi connectivity index (χ0) is 13.1. The highest BCUT2D eigenvalue weighted by Crippen LogP contribution is 2.21. The highest BCUT2D eigenvalue weighted by molar-refractivity contribution is 5.16. The molecule has 19 heavy (non-hydrogen) atoms. The third-order valence-corrected chi connectivity index (χ3v) is 4.11. The predicted molar refractivity (Wildman–Crippen MR) is 73.9 cm³/mol. The summed E-state index contributed by atoms with van der Waals surface area (Å²) in [7, 11) is 2.17. The highest BCUT2D eigenvalue weighted by atomic mass is 16.5. The molecule has 1 saturated heterocycles. The summed E-state index contributed by atoms with van der Waals surface area (Å²) in [6, 6.07) is 2.76. The molecular weight excluding hydrogens is 240 g/mol. The summed E-state index contributed by atoms with van der Waals surface area (Å²) in [4.78, 5) is 2.36. The molecule has 3 rings (SSSR count). The van der Waals surface area contributed by atoms with Gasteiger partial charge >= 0.3 is 0 Å². The Morgan fingerprint density at radius 3 is 2.84 bits per heavy atom. The average Bonchev–Trinajstić information content (AvgIpc) is 3.15. The van der Waals surface area contributed by atoms with E-state index >= 15 is 0 Å². The Hall–Kier alpha value is -0.840. The fraction of sp³-hybridized carbons (Fsp3) is 0.733. The van der Waals surface area contributed by atoms with Gasteiger partial charge in [-0.1, -0.05) is 0 Å². The van der Waals surface area contributed by atoms with E-state index in [9.17, 15) is 0 Å². The van der Waals surface area contributed by atoms with Crippen molar-refractivity contribution in [2.45, 2.75) is 51.0 Å². The van der Waals surface area contributed by atoms with E-state index in [4.69, 9.17) is 9.15 Å². The summed E-state index contributed by atoms with van der Waals surface area (Å²) < 4.78 is 11.6. The first-order chi connectivity index (χ1) is 9.31. The molecule has 0 amide bonds. The van der Waals surface area contributed by atoms with Crippen molar-refractivity contribution in [3.8, 4) is 0 Å². The summed E-state index contributed by atoms with van der Waals surface area (Å²) in [5.74, 6) is 1.04. The molecule has 0 unspecified atom stereocenters. The van der Waals surface area contributed by atoms with Crippen LogP contribution in [0.25, 0.3) is 0 Å². The molecule has 1 aromatic rings. The first-order valence-electron chi connectivity index (χ1n) is 7.40. The van der Waals surface area contributed by atoms with Crippen molar-refractivity contribution in [2.75, 3.05) is 20.1 Å². The van der Waals surface area contributed by atoms with Gasteiger partial charge < -0.3 is 19.4 Å². The van der Waals surface area contributed by atoms with Crippen LogP contribution < -0.4 is 5.32 Å². The average molecular weight is 264 g/mol. The second-order valence-corrected chi connectivity index (χ2v) is 5.84. The number of likely N-dealkylation sites (tertiary alicyclic amines) is 1. The number of rotatable bonds is 6. The molecule has 106 valence electrons. The Bertz CT molecular complexity index is 393. The molecule has 2 heterocycles. The third kappa shape index (κ3) is 3.81. The van der Waals surface area contributed by atoms with Crippen molar-refractivity contribution >= 4 is 0 Å². The maximum atomic E-state index is 6.02. The van der Waals surface area contributed by atoms with E-state index in [0.717, 1.165) is 38.2 Å². The van der Waals surface area contributed by atoms with Crippen LogP contribution in [0.4, 0.5) is 0 Å². The van der Waals surface area contributed by atoms with E-state index in [1.807, 2.05) is 6.07 Å². The molecule has 4 nitrogen and oxygen atoms in total. The van der Waals surface area contributed by atoms with Gasteiger partial charge in [0.15, 0.2) is 0 Å². The van der Waals surface area contributed by atoms with Gasteiger partial charge in [0, 0.05) is 24.7 Å². The third-order valence-electron chi connectivity index (χ3n) is 4.11. The van der Waals surface area contributed by atoms with E-state index in [-0.39, 0.29) is 0 Å². The van der Waals surface area contributed by atoms with Crippen molar-refractivity contribution in [1.82, 2.24) is 10.2 Å². The second-order valence-electron chi connectivity index (χ2n) is 5.84. The summed E-state index contributed by atoms with van der Waals surface area (Å²) in [5.41, 5.74) is 1.20. The number of furan rings is 1. The van der Waals surface area contributed by atoms with Gasteiger partial charge in [-0.3, -0.25) is 0 Å². The van der Waals surface area contributed by atoms with Gasteiger partial charge in [0.2, 0.25) is 0 Å². The summed E-state index contributed by atoms with van der Waals surface area (Å²) in [5, 5.41) is 3.49. The minimum absolute atomic E-state index is 0.412. The van der Waals surface area contributed by atoms with Crippen molar-refractivity contribution < 1.29 is 9.15 Å². The number of hydrogen-bond acceptors (Lipinski definition) is 4. The predicted octanol–water partition coefficient (Wildman–Crippen LogP) is 2.14. The standard InChI is InChI=1S/C15H24N2O2/c1-17-7-4-14(5-8-17)19-11-12-6-9-18-15(12)10-16-13-2-3-13/h6,9,13-14,16H,2-5,7-8,10-11H2,1H3. The van der Waals surface area contributed by atoms with Crippen molar-refractivity contribution in [2.24, 2.45) is 0 Å². The molecule has 2 fully saturated rings. The number of nitrogens with one attached hydrogen (secondary N) is 1. The van der Waals surface area contributed by atoms with Gasteiger partial charge in [0.1, 0.15) is 5.76 Å². The van der Waals surface area contributed by atoms with Gasteiger partial charge in [-0.25, -0.2) is 0 Å². The van der Waals surface area contributed by atoms with Crippen LogP contribution >= 0.6 is 0 Å². The molecule has 0 atom stereocenters. The van der Waals surface area contributed by atoms with Gasteiger partial charge in [-0.15, -0.1) is 0 Å². The van der Waals surface area contributed by atoms with Gasteiger partial charge in [-0.05, 0) is 38.8 Å². The van der Waals surface area contributed by atoms with Crippen molar-refractivity contribution in [3.63, 3.8) is 0 Å². The molecule has 1 N–H and O–H groups in total. The molecular formula is C15H24N2O2. The van der Waals surface area contributed by atoms with Crippen molar-refractivity contribution in [1.29, 1.82) is 0 Å². The van der Waals surface area contributed by atoms with Gasteiger partial charge in [0.25, 0.3) is 0 Å². The second kappa shape index (κ2) is 6.07. The minimum atomic E-state index is 0.412. The Morgan fingerprint density at radius 2 is 2.11 bits per heavy atom. The monoisotopic (exact) mass is 264 g/mol. The topological polar surface area (TPSA) is 37.6 Å². The zero-order valence-electron chi connectivity index (χ0n) is 11.7.